The number of nitrogens with zero attached hydrogens (tertiary/aromatic N) is 4. The van der Waals surface area contributed by atoms with Crippen molar-refractivity contribution in [1.29, 1.82) is 0 Å². The molecule has 1 aliphatic rings. The van der Waals surface area contributed by atoms with Crippen LogP contribution in [0.25, 0.3) is 16.6 Å². The minimum absolute atomic E-state index is 0.164. The molecule has 1 aromatic heterocycles. The number of carbonyl (C=O) groups excluding carboxylic acids is 1. The average Bonchev–Trinajstić information content (AvgIpc) is 2.85. The lowest BCUT2D eigenvalue weighted by molar-refractivity contribution is 0.0136. The summed E-state index contributed by atoms with van der Waals surface area (Å²) < 4.78 is 18.8. The van der Waals surface area contributed by atoms with Gasteiger partial charge in [0.05, 0.1) is 36.3 Å². The van der Waals surface area contributed by atoms with Crippen LogP contribution in [0.15, 0.2) is 47.3 Å². The van der Waals surface area contributed by atoms with E-state index in [1.165, 1.54) is 0 Å². The molecule has 198 valence electrons. The fraction of sp³-hybridized carbons (Fsp3) is 0.464. The van der Waals surface area contributed by atoms with Gasteiger partial charge in [0.1, 0.15) is 22.9 Å². The van der Waals surface area contributed by atoms with Crippen LogP contribution in [0.1, 0.15) is 40.4 Å². The average molecular weight is 509 g/mol. The van der Waals surface area contributed by atoms with Crippen molar-refractivity contribution < 1.29 is 19.0 Å². The summed E-state index contributed by atoms with van der Waals surface area (Å²) in [5.41, 5.74) is 0.541. The third-order valence-electron chi connectivity index (χ3n) is 6.02. The minimum Gasteiger partial charge on any atom is -0.494 e. The maximum Gasteiger partial charge on any atom is 0.410 e. The number of ether oxygens (including phenoxy) is 3. The van der Waals surface area contributed by atoms with Gasteiger partial charge in [0.25, 0.3) is 5.56 Å². The lowest BCUT2D eigenvalue weighted by Crippen LogP contribution is -2.50. The summed E-state index contributed by atoms with van der Waals surface area (Å²) in [5, 5.41) is 0.533. The second kappa shape index (κ2) is 11.2. The Hall–Kier alpha value is -3.59. The quantitative estimate of drug-likeness (QED) is 0.472. The van der Waals surface area contributed by atoms with E-state index in [-0.39, 0.29) is 11.7 Å². The summed E-state index contributed by atoms with van der Waals surface area (Å²) in [4.78, 5) is 35.1. The predicted molar refractivity (Wildman–Crippen MR) is 143 cm³/mol. The number of fused-ring (bicyclic) bond motifs is 1. The van der Waals surface area contributed by atoms with Crippen LogP contribution < -0.4 is 15.0 Å². The summed E-state index contributed by atoms with van der Waals surface area (Å²) >= 11 is 0. The number of aromatic nitrogens is 2. The zero-order valence-corrected chi connectivity index (χ0v) is 22.3. The molecule has 0 saturated carbocycles. The van der Waals surface area contributed by atoms with Crippen molar-refractivity contribution in [3.05, 3.63) is 58.6 Å². The molecule has 2 aromatic carbocycles. The van der Waals surface area contributed by atoms with Crippen LogP contribution in [0.2, 0.25) is 0 Å². The molecule has 1 fully saturated rings. The van der Waals surface area contributed by atoms with E-state index in [2.05, 4.69) is 4.90 Å². The van der Waals surface area contributed by atoms with Crippen molar-refractivity contribution in [3.8, 4) is 17.2 Å². The van der Waals surface area contributed by atoms with Gasteiger partial charge in [-0.3, -0.25) is 14.3 Å². The van der Waals surface area contributed by atoms with E-state index >= 15 is 0 Å². The number of benzene rings is 2. The van der Waals surface area contributed by atoms with E-state index in [1.54, 1.807) is 15.5 Å². The molecule has 1 amide bonds. The SMILES string of the molecule is CCOc1ccc(OCC)c(-n2c(CN3CCN(C(=O)OC(C)(C)C)CC3)nc3ccccc3c2=O)c1. The number of amides is 1. The van der Waals surface area contributed by atoms with E-state index in [9.17, 15) is 9.59 Å². The van der Waals surface area contributed by atoms with Crippen LogP contribution in [0.5, 0.6) is 11.5 Å². The predicted octanol–water partition coefficient (Wildman–Crippen LogP) is 4.24. The number of hydrogen-bond donors (Lipinski definition) is 0. The van der Waals surface area contributed by atoms with Crippen LogP contribution >= 0.6 is 0 Å². The van der Waals surface area contributed by atoms with E-state index in [1.807, 2.05) is 71.0 Å². The van der Waals surface area contributed by atoms with Gasteiger partial charge in [-0.1, -0.05) is 12.1 Å². The van der Waals surface area contributed by atoms with Crippen LogP contribution in [0, 0.1) is 0 Å². The summed E-state index contributed by atoms with van der Waals surface area (Å²) in [6.07, 6.45) is -0.304. The molecular formula is C28H36N4O5. The molecule has 0 unspecified atom stereocenters. The Morgan fingerprint density at radius 3 is 2.35 bits per heavy atom. The van der Waals surface area contributed by atoms with E-state index < -0.39 is 5.60 Å². The van der Waals surface area contributed by atoms with Gasteiger partial charge in [-0.15, -0.1) is 0 Å². The van der Waals surface area contributed by atoms with Crippen LogP contribution in [-0.2, 0) is 11.3 Å². The highest BCUT2D eigenvalue weighted by atomic mass is 16.6. The standard InChI is InChI=1S/C28H36N4O5/c1-6-35-20-12-13-24(36-7-2)23(18-20)32-25(29-22-11-9-8-10-21(22)26(32)33)19-30-14-16-31(17-15-30)27(34)37-28(3,4)5/h8-13,18H,6-7,14-17,19H2,1-5H3. The molecule has 0 bridgehead atoms. The van der Waals surface area contributed by atoms with Gasteiger partial charge in [-0.2, -0.15) is 0 Å². The number of para-hydroxylation sites is 1. The third kappa shape index (κ3) is 6.22. The second-order valence-electron chi connectivity index (χ2n) is 9.92. The lowest BCUT2D eigenvalue weighted by atomic mass is 10.2. The van der Waals surface area contributed by atoms with Crippen LogP contribution in [0.4, 0.5) is 4.79 Å². The molecule has 4 rings (SSSR count). The topological polar surface area (TPSA) is 86.1 Å². The van der Waals surface area contributed by atoms with E-state index in [0.29, 0.717) is 79.9 Å². The first-order valence-corrected chi connectivity index (χ1v) is 12.8. The molecule has 9 heteroatoms. The molecule has 1 saturated heterocycles. The van der Waals surface area contributed by atoms with Gasteiger partial charge in [-0.25, -0.2) is 9.78 Å². The highest BCUT2D eigenvalue weighted by molar-refractivity contribution is 5.78. The highest BCUT2D eigenvalue weighted by Crippen LogP contribution is 2.29. The molecule has 0 N–H and O–H groups in total. The molecule has 2 heterocycles. The van der Waals surface area contributed by atoms with E-state index in [0.717, 1.165) is 0 Å². The fourth-order valence-corrected chi connectivity index (χ4v) is 4.35. The van der Waals surface area contributed by atoms with Crippen molar-refractivity contribution in [3.63, 3.8) is 0 Å². The first kappa shape index (κ1) is 26.5. The van der Waals surface area contributed by atoms with Crippen LogP contribution in [0.3, 0.4) is 0 Å². The van der Waals surface area contributed by atoms with Crippen LogP contribution in [-0.4, -0.2) is 70.4 Å². The van der Waals surface area contributed by atoms with Crippen molar-refractivity contribution in [2.24, 2.45) is 0 Å². The number of carbonyl (C=O) groups is 1. The molecule has 9 nitrogen and oxygen atoms in total. The number of rotatable bonds is 7. The smallest absolute Gasteiger partial charge is 0.410 e. The molecular weight excluding hydrogens is 472 g/mol. The monoisotopic (exact) mass is 508 g/mol. The highest BCUT2D eigenvalue weighted by Gasteiger charge is 2.27. The second-order valence-corrected chi connectivity index (χ2v) is 9.92. The minimum atomic E-state index is -0.534. The Kier molecular flexibility index (Phi) is 8.02. The van der Waals surface area contributed by atoms with Crippen molar-refractivity contribution in [2.75, 3.05) is 39.4 Å². The summed E-state index contributed by atoms with van der Waals surface area (Å²) in [6, 6.07) is 12.9. The Morgan fingerprint density at radius 2 is 1.68 bits per heavy atom. The molecule has 0 radical (unpaired) electrons. The normalized spacial score (nSPS) is 14.6. The van der Waals surface area contributed by atoms with Gasteiger partial charge >= 0.3 is 6.09 Å². The Bertz CT molecular complexity index is 1310. The zero-order chi connectivity index (χ0) is 26.6. The van der Waals surface area contributed by atoms with Gasteiger partial charge < -0.3 is 19.1 Å². The maximum atomic E-state index is 13.8. The lowest BCUT2D eigenvalue weighted by Gasteiger charge is -2.35. The first-order chi connectivity index (χ1) is 17.7. The Morgan fingerprint density at radius 1 is 0.973 bits per heavy atom. The third-order valence-corrected chi connectivity index (χ3v) is 6.02. The molecule has 3 aromatic rings. The molecule has 0 spiro atoms. The maximum absolute atomic E-state index is 13.8. The molecule has 0 aliphatic carbocycles. The van der Waals surface area contributed by atoms with Crippen molar-refractivity contribution in [1.82, 2.24) is 19.4 Å². The zero-order valence-electron chi connectivity index (χ0n) is 22.3. The van der Waals surface area contributed by atoms with Crippen molar-refractivity contribution >= 4 is 17.0 Å². The molecule has 0 atom stereocenters. The van der Waals surface area contributed by atoms with Gasteiger partial charge in [0.2, 0.25) is 0 Å². The summed E-state index contributed by atoms with van der Waals surface area (Å²) in [6.45, 7) is 13.2. The van der Waals surface area contributed by atoms with E-state index in [4.69, 9.17) is 19.2 Å². The van der Waals surface area contributed by atoms with Crippen molar-refractivity contribution in [2.45, 2.75) is 46.8 Å². The summed E-state index contributed by atoms with van der Waals surface area (Å²) in [7, 11) is 0. The van der Waals surface area contributed by atoms with Gasteiger partial charge in [0, 0.05) is 32.2 Å². The number of hydrogen-bond acceptors (Lipinski definition) is 7. The largest absolute Gasteiger partial charge is 0.494 e. The van der Waals surface area contributed by atoms with Gasteiger partial charge in [0.15, 0.2) is 0 Å². The summed E-state index contributed by atoms with van der Waals surface area (Å²) in [5.74, 6) is 1.84. The fourth-order valence-electron chi connectivity index (χ4n) is 4.35. The Labute approximate surface area is 217 Å². The number of piperazine rings is 1. The molecule has 37 heavy (non-hydrogen) atoms. The Balaban J connectivity index is 1.69. The first-order valence-electron chi connectivity index (χ1n) is 12.8. The molecule has 1 aliphatic heterocycles. The van der Waals surface area contributed by atoms with Gasteiger partial charge in [-0.05, 0) is 58.9 Å².